The third-order valence-electron chi connectivity index (χ3n) is 5.94. The van der Waals surface area contributed by atoms with E-state index in [0.29, 0.717) is 34.4 Å². The molecule has 0 aliphatic carbocycles. The number of pyridine rings is 1. The van der Waals surface area contributed by atoms with Gasteiger partial charge in [-0.1, -0.05) is 35.3 Å². The van der Waals surface area contributed by atoms with Gasteiger partial charge in [-0.15, -0.1) is 0 Å². The van der Waals surface area contributed by atoms with Gasteiger partial charge in [-0.05, 0) is 42.8 Å². The maximum atomic E-state index is 6.30. The van der Waals surface area contributed by atoms with Gasteiger partial charge in [0.25, 0.3) is 0 Å². The third kappa shape index (κ3) is 4.85. The number of ether oxygens (including phenoxy) is 2. The number of hydrogen-bond donors (Lipinski definition) is 1. The Morgan fingerprint density at radius 1 is 1.00 bits per heavy atom. The lowest BCUT2D eigenvalue weighted by Crippen LogP contribution is -2.35. The number of nitrogens with zero attached hydrogens (tertiary/aromatic N) is 5. The zero-order valence-electron chi connectivity index (χ0n) is 20.0. The number of nitrogens with one attached hydrogen (secondary N) is 1. The second-order valence-electron chi connectivity index (χ2n) is 8.24. The number of aryl methyl sites for hydroxylation is 1. The summed E-state index contributed by atoms with van der Waals surface area (Å²) in [4.78, 5) is 18.5. The fourth-order valence-electron chi connectivity index (χ4n) is 4.15. The Bertz CT molecular complexity index is 1480. The first-order valence-corrected chi connectivity index (χ1v) is 12.1. The number of amidine groups is 1. The van der Waals surface area contributed by atoms with Crippen LogP contribution in [0.4, 0.5) is 11.4 Å². The molecule has 0 amide bonds. The first-order chi connectivity index (χ1) is 17.5. The molecule has 0 atom stereocenters. The highest BCUT2D eigenvalue weighted by Gasteiger charge is 2.18. The predicted molar refractivity (Wildman–Crippen MR) is 144 cm³/mol. The molecular formula is C26H24Cl2N6O2. The van der Waals surface area contributed by atoms with Crippen molar-refractivity contribution >= 4 is 57.2 Å². The molecule has 2 aromatic carbocycles. The van der Waals surface area contributed by atoms with Crippen molar-refractivity contribution in [3.8, 4) is 5.69 Å². The summed E-state index contributed by atoms with van der Waals surface area (Å²) in [6.45, 7) is 2.41. The molecule has 2 aromatic heterocycles. The van der Waals surface area contributed by atoms with Gasteiger partial charge in [-0.2, -0.15) is 0 Å². The van der Waals surface area contributed by atoms with E-state index in [0.717, 1.165) is 39.7 Å². The van der Waals surface area contributed by atoms with Gasteiger partial charge >= 0.3 is 0 Å². The lowest BCUT2D eigenvalue weighted by Gasteiger charge is -2.16. The summed E-state index contributed by atoms with van der Waals surface area (Å²) in [6.07, 6.45) is 3.61. The largest absolute Gasteiger partial charge is 0.368 e. The van der Waals surface area contributed by atoms with Crippen LogP contribution >= 0.6 is 23.2 Å². The second-order valence-corrected chi connectivity index (χ2v) is 9.05. The molecule has 4 aromatic rings. The van der Waals surface area contributed by atoms with Gasteiger partial charge in [0, 0.05) is 32.5 Å². The van der Waals surface area contributed by atoms with Crippen molar-refractivity contribution in [3.63, 3.8) is 0 Å². The number of benzene rings is 2. The first kappa shape index (κ1) is 24.4. The molecule has 184 valence electrons. The van der Waals surface area contributed by atoms with Gasteiger partial charge in [0.2, 0.25) is 0 Å². The molecule has 3 heterocycles. The van der Waals surface area contributed by atoms with Crippen LogP contribution in [-0.2, 0) is 9.47 Å². The minimum Gasteiger partial charge on any atom is -0.368 e. The van der Waals surface area contributed by atoms with E-state index >= 15 is 0 Å². The number of aromatic nitrogens is 3. The Morgan fingerprint density at radius 3 is 2.39 bits per heavy atom. The lowest BCUT2D eigenvalue weighted by atomic mass is 10.1. The molecule has 0 unspecified atom stereocenters. The van der Waals surface area contributed by atoms with Crippen LogP contribution in [0.2, 0.25) is 10.0 Å². The molecule has 1 N–H and O–H groups in total. The van der Waals surface area contributed by atoms with Crippen LogP contribution in [0.3, 0.4) is 0 Å². The Labute approximate surface area is 218 Å². The Balaban J connectivity index is 1.51. The number of aliphatic imine (C=N–C) groups is 2. The Kier molecular flexibility index (Phi) is 7.02. The molecule has 1 aliphatic heterocycles. The van der Waals surface area contributed by atoms with Crippen molar-refractivity contribution < 1.29 is 9.47 Å². The number of halogens is 2. The van der Waals surface area contributed by atoms with E-state index in [1.807, 2.05) is 25.1 Å². The molecule has 0 spiro atoms. The van der Waals surface area contributed by atoms with Gasteiger partial charge in [0.1, 0.15) is 17.2 Å². The van der Waals surface area contributed by atoms with E-state index < -0.39 is 6.29 Å². The quantitative estimate of drug-likeness (QED) is 0.323. The summed E-state index contributed by atoms with van der Waals surface area (Å²) >= 11 is 12.6. The molecule has 0 bridgehead atoms. The van der Waals surface area contributed by atoms with E-state index in [-0.39, 0.29) is 0 Å². The third-order valence-corrected chi connectivity index (χ3v) is 6.67. The molecule has 0 saturated carbocycles. The van der Waals surface area contributed by atoms with Crippen molar-refractivity contribution in [2.24, 2.45) is 9.98 Å². The van der Waals surface area contributed by atoms with Crippen molar-refractivity contribution in [2.45, 2.75) is 19.6 Å². The average molecular weight is 523 g/mol. The first-order valence-electron chi connectivity index (χ1n) is 11.3. The van der Waals surface area contributed by atoms with Crippen LogP contribution in [0.1, 0.15) is 17.8 Å². The molecule has 1 aliphatic rings. The summed E-state index contributed by atoms with van der Waals surface area (Å²) in [6, 6.07) is 13.6. The summed E-state index contributed by atoms with van der Waals surface area (Å²) in [7, 11) is 3.19. The van der Waals surface area contributed by atoms with Crippen molar-refractivity contribution in [3.05, 3.63) is 76.3 Å². The normalized spacial score (nSPS) is 13.4. The van der Waals surface area contributed by atoms with Crippen LogP contribution in [0.25, 0.3) is 16.7 Å². The van der Waals surface area contributed by atoms with Gasteiger partial charge < -0.3 is 14.8 Å². The van der Waals surface area contributed by atoms with E-state index in [9.17, 15) is 0 Å². The minimum absolute atomic E-state index is 0.410. The molecular weight excluding hydrogens is 499 g/mol. The Hall–Kier alpha value is -3.30. The maximum Gasteiger partial charge on any atom is 0.173 e. The molecule has 0 fully saturated rings. The second kappa shape index (κ2) is 10.4. The van der Waals surface area contributed by atoms with Gasteiger partial charge in [0.05, 0.1) is 45.4 Å². The standard InChI is InChI=1S/C26H24Cl2N6O2/c1-15-31-23-13-29-9-8-24(23)34(15)17-6-4-16(5-7-17)20-12-25(30-14-26(35-2)36-3)33-22-11-19(28)18(27)10-21(22)32-20/h4-11,13,26H,12,14H2,1-3H3,(H,30,33). The van der Waals surface area contributed by atoms with Crippen LogP contribution in [0, 0.1) is 6.92 Å². The number of rotatable bonds is 6. The van der Waals surface area contributed by atoms with Crippen LogP contribution in [0.15, 0.2) is 64.8 Å². The highest BCUT2D eigenvalue weighted by molar-refractivity contribution is 6.42. The van der Waals surface area contributed by atoms with E-state index in [1.165, 1.54) is 0 Å². The molecule has 0 radical (unpaired) electrons. The fraction of sp³-hybridized carbons (Fsp3) is 0.231. The highest BCUT2D eigenvalue weighted by Crippen LogP contribution is 2.38. The zero-order valence-corrected chi connectivity index (χ0v) is 21.5. The summed E-state index contributed by atoms with van der Waals surface area (Å²) in [5, 5.41) is 4.17. The summed E-state index contributed by atoms with van der Waals surface area (Å²) < 4.78 is 12.7. The minimum atomic E-state index is -0.410. The SMILES string of the molecule is COC(CNC1=Nc2cc(Cl)c(Cl)cc2N=C(c2ccc(-n3c(C)nc4cnccc43)cc2)C1)OC. The van der Waals surface area contributed by atoms with Crippen LogP contribution in [-0.4, -0.2) is 53.1 Å². The molecule has 5 rings (SSSR count). The number of imidazole rings is 1. The molecule has 36 heavy (non-hydrogen) atoms. The van der Waals surface area contributed by atoms with E-state index in [4.69, 9.17) is 42.7 Å². The lowest BCUT2D eigenvalue weighted by molar-refractivity contribution is -0.0965. The van der Waals surface area contributed by atoms with Crippen LogP contribution < -0.4 is 5.32 Å². The topological polar surface area (TPSA) is 85.9 Å². The molecule has 10 heteroatoms. The van der Waals surface area contributed by atoms with Crippen LogP contribution in [0.5, 0.6) is 0 Å². The number of methoxy groups -OCH3 is 2. The smallest absolute Gasteiger partial charge is 0.173 e. The maximum absolute atomic E-state index is 6.30. The summed E-state index contributed by atoms with van der Waals surface area (Å²) in [5.41, 5.74) is 5.96. The van der Waals surface area contributed by atoms with Crippen molar-refractivity contribution in [1.82, 2.24) is 19.9 Å². The van der Waals surface area contributed by atoms with Crippen molar-refractivity contribution in [2.75, 3.05) is 20.8 Å². The molecule has 8 nitrogen and oxygen atoms in total. The number of hydrogen-bond acceptors (Lipinski definition) is 7. The predicted octanol–water partition coefficient (Wildman–Crippen LogP) is 5.80. The average Bonchev–Trinajstić information content (AvgIpc) is 3.12. The van der Waals surface area contributed by atoms with Gasteiger partial charge in [-0.25, -0.2) is 9.98 Å². The molecule has 0 saturated heterocycles. The van der Waals surface area contributed by atoms with E-state index in [2.05, 4.69) is 32.0 Å². The monoisotopic (exact) mass is 522 g/mol. The Morgan fingerprint density at radius 2 is 1.69 bits per heavy atom. The highest BCUT2D eigenvalue weighted by atomic mass is 35.5. The zero-order chi connectivity index (χ0) is 25.2. The van der Waals surface area contributed by atoms with E-state index in [1.54, 1.807) is 38.7 Å². The fourth-order valence-corrected chi connectivity index (χ4v) is 4.46. The van der Waals surface area contributed by atoms with Gasteiger partial charge in [-0.3, -0.25) is 14.5 Å². The summed E-state index contributed by atoms with van der Waals surface area (Å²) in [5.74, 6) is 1.61. The van der Waals surface area contributed by atoms with Gasteiger partial charge in [0.15, 0.2) is 6.29 Å². The number of fused-ring (bicyclic) bond motifs is 2. The van der Waals surface area contributed by atoms with Crippen molar-refractivity contribution in [1.29, 1.82) is 0 Å².